The maximum absolute atomic E-state index is 12.1. The van der Waals surface area contributed by atoms with Gasteiger partial charge in [0.2, 0.25) is 5.91 Å². The number of carbonyl (C=O) groups is 1. The van der Waals surface area contributed by atoms with Crippen molar-refractivity contribution in [2.45, 2.75) is 26.4 Å². The molecule has 0 saturated carbocycles. The van der Waals surface area contributed by atoms with E-state index >= 15 is 0 Å². The summed E-state index contributed by atoms with van der Waals surface area (Å²) in [7, 11) is 1.66. The summed E-state index contributed by atoms with van der Waals surface area (Å²) in [5.74, 6) is 1.21. The van der Waals surface area contributed by atoms with Crippen molar-refractivity contribution in [3.05, 3.63) is 71.7 Å². The van der Waals surface area contributed by atoms with Crippen LogP contribution in [-0.4, -0.2) is 18.0 Å². The molecule has 0 bridgehead atoms. The van der Waals surface area contributed by atoms with Crippen LogP contribution in [0.25, 0.3) is 11.3 Å². The summed E-state index contributed by atoms with van der Waals surface area (Å²) in [6.45, 7) is 2.60. The zero-order valence-electron chi connectivity index (χ0n) is 15.0. The van der Waals surface area contributed by atoms with Crippen molar-refractivity contribution in [1.82, 2.24) is 4.98 Å². The van der Waals surface area contributed by atoms with Crippen LogP contribution in [0.3, 0.4) is 0 Å². The molecule has 1 heterocycles. The van der Waals surface area contributed by atoms with Gasteiger partial charge in [-0.05, 0) is 24.6 Å². The molecule has 0 aliphatic rings. The average Bonchev–Trinajstić information content (AvgIpc) is 3.11. The van der Waals surface area contributed by atoms with Crippen LogP contribution in [0.1, 0.15) is 23.4 Å². The molecule has 2 aromatic carbocycles. The molecule has 1 N–H and O–H groups in total. The molecular weight excluding hydrogens is 328 g/mol. The molecule has 3 aromatic rings. The van der Waals surface area contributed by atoms with Crippen LogP contribution in [0, 0.1) is 6.92 Å². The van der Waals surface area contributed by atoms with Crippen LogP contribution in [0.4, 0.5) is 5.69 Å². The van der Waals surface area contributed by atoms with Gasteiger partial charge in [-0.25, -0.2) is 4.98 Å². The number of amides is 1. The number of methoxy groups -OCH3 is 1. The quantitative estimate of drug-likeness (QED) is 0.687. The fourth-order valence-corrected chi connectivity index (χ4v) is 2.57. The Bertz CT molecular complexity index is 852. The molecule has 0 fully saturated rings. The topological polar surface area (TPSA) is 64.4 Å². The third-order valence-corrected chi connectivity index (χ3v) is 4.00. The highest BCUT2D eigenvalue weighted by atomic mass is 16.5. The summed E-state index contributed by atoms with van der Waals surface area (Å²) in [6, 6.07) is 15.7. The van der Waals surface area contributed by atoms with Gasteiger partial charge in [0.25, 0.3) is 0 Å². The lowest BCUT2D eigenvalue weighted by atomic mass is 10.1. The number of oxazole rings is 1. The van der Waals surface area contributed by atoms with Gasteiger partial charge in [-0.15, -0.1) is 0 Å². The number of aromatic nitrogens is 1. The van der Waals surface area contributed by atoms with Crippen LogP contribution in [0.2, 0.25) is 0 Å². The maximum atomic E-state index is 12.1. The van der Waals surface area contributed by atoms with E-state index in [4.69, 9.17) is 9.15 Å². The first kappa shape index (κ1) is 17.9. The molecule has 0 aliphatic carbocycles. The minimum atomic E-state index is -0.0698. The number of aryl methyl sites for hydroxylation is 2. The van der Waals surface area contributed by atoms with E-state index in [2.05, 4.69) is 10.3 Å². The molecule has 1 amide bonds. The Morgan fingerprint density at radius 3 is 2.54 bits per heavy atom. The Morgan fingerprint density at radius 2 is 1.85 bits per heavy atom. The second-order valence-corrected chi connectivity index (χ2v) is 6.16. The smallest absolute Gasteiger partial charge is 0.224 e. The van der Waals surface area contributed by atoms with Gasteiger partial charge in [0.15, 0.2) is 11.7 Å². The average molecular weight is 350 g/mol. The molecule has 5 nitrogen and oxygen atoms in total. The van der Waals surface area contributed by atoms with Gasteiger partial charge in [0, 0.05) is 31.2 Å². The normalized spacial score (nSPS) is 10.7. The summed E-state index contributed by atoms with van der Waals surface area (Å²) in [6.07, 6.45) is 2.47. The van der Waals surface area contributed by atoms with Crippen molar-refractivity contribution < 1.29 is 13.9 Å². The first-order valence-corrected chi connectivity index (χ1v) is 8.53. The molecule has 0 spiro atoms. The van der Waals surface area contributed by atoms with Crippen molar-refractivity contribution in [1.29, 1.82) is 0 Å². The highest BCUT2D eigenvalue weighted by Gasteiger charge is 2.09. The molecule has 0 radical (unpaired) electrons. The van der Waals surface area contributed by atoms with Gasteiger partial charge in [-0.1, -0.05) is 42.0 Å². The molecule has 134 valence electrons. The maximum Gasteiger partial charge on any atom is 0.224 e. The number of hydrogen-bond donors (Lipinski definition) is 1. The minimum Gasteiger partial charge on any atom is -0.441 e. The number of benzene rings is 2. The summed E-state index contributed by atoms with van der Waals surface area (Å²) in [5.41, 5.74) is 4.01. The molecule has 26 heavy (non-hydrogen) atoms. The number of carbonyl (C=O) groups excluding carboxylic acids is 1. The summed E-state index contributed by atoms with van der Waals surface area (Å²) >= 11 is 0. The number of rotatable bonds is 7. The lowest BCUT2D eigenvalue weighted by Gasteiger charge is -2.05. The van der Waals surface area contributed by atoms with E-state index in [-0.39, 0.29) is 5.91 Å². The summed E-state index contributed by atoms with van der Waals surface area (Å²) in [5, 5.41) is 2.88. The van der Waals surface area contributed by atoms with Crippen LogP contribution in [0.15, 0.2) is 59.1 Å². The highest BCUT2D eigenvalue weighted by molar-refractivity contribution is 5.90. The van der Waals surface area contributed by atoms with Gasteiger partial charge in [-0.2, -0.15) is 0 Å². The number of nitrogens with one attached hydrogen (secondary N) is 1. The fraction of sp³-hybridized carbons (Fsp3) is 0.238. The van der Waals surface area contributed by atoms with Crippen LogP contribution in [0.5, 0.6) is 0 Å². The molecule has 0 aliphatic heterocycles. The standard InChI is InChI=1S/C21H22N2O3/c1-15-3-7-17(8-4-15)19-13-22-21(26-19)12-11-20(24)23-18-9-5-16(6-10-18)14-25-2/h3-10,13H,11-12,14H2,1-2H3,(H,23,24). The molecule has 0 unspecified atom stereocenters. The SMILES string of the molecule is COCc1ccc(NC(=O)CCc2ncc(-c3ccc(C)cc3)o2)cc1. The summed E-state index contributed by atoms with van der Waals surface area (Å²) < 4.78 is 10.8. The Morgan fingerprint density at radius 1 is 1.12 bits per heavy atom. The van der Waals surface area contributed by atoms with E-state index in [1.165, 1.54) is 5.56 Å². The zero-order chi connectivity index (χ0) is 18.4. The first-order chi connectivity index (χ1) is 12.6. The third-order valence-electron chi connectivity index (χ3n) is 4.00. The highest BCUT2D eigenvalue weighted by Crippen LogP contribution is 2.21. The van der Waals surface area contributed by atoms with E-state index in [1.54, 1.807) is 13.3 Å². The Balaban J connectivity index is 1.52. The van der Waals surface area contributed by atoms with E-state index < -0.39 is 0 Å². The van der Waals surface area contributed by atoms with Crippen molar-refractivity contribution >= 4 is 11.6 Å². The first-order valence-electron chi connectivity index (χ1n) is 8.53. The Hall–Kier alpha value is -2.92. The Labute approximate surface area is 153 Å². The van der Waals surface area contributed by atoms with Crippen LogP contribution >= 0.6 is 0 Å². The van der Waals surface area contributed by atoms with Gasteiger partial charge >= 0.3 is 0 Å². The number of nitrogens with zero attached hydrogens (tertiary/aromatic N) is 1. The van der Waals surface area contributed by atoms with Crippen molar-refractivity contribution in [2.75, 3.05) is 12.4 Å². The van der Waals surface area contributed by atoms with E-state index in [0.717, 1.165) is 16.8 Å². The zero-order valence-corrected chi connectivity index (χ0v) is 15.0. The van der Waals surface area contributed by atoms with E-state index in [0.29, 0.717) is 31.1 Å². The molecule has 3 rings (SSSR count). The third kappa shape index (κ3) is 4.80. The second-order valence-electron chi connectivity index (χ2n) is 6.16. The molecule has 1 aromatic heterocycles. The summed E-state index contributed by atoms with van der Waals surface area (Å²) in [4.78, 5) is 16.4. The number of anilines is 1. The largest absolute Gasteiger partial charge is 0.441 e. The monoisotopic (exact) mass is 350 g/mol. The van der Waals surface area contributed by atoms with Gasteiger partial charge in [0.05, 0.1) is 12.8 Å². The predicted octanol–water partition coefficient (Wildman–Crippen LogP) is 4.37. The lowest BCUT2D eigenvalue weighted by Crippen LogP contribution is -2.12. The second kappa shape index (κ2) is 8.45. The van der Waals surface area contributed by atoms with E-state index in [1.807, 2.05) is 55.5 Å². The minimum absolute atomic E-state index is 0.0698. The van der Waals surface area contributed by atoms with Crippen LogP contribution < -0.4 is 5.32 Å². The number of ether oxygens (including phenoxy) is 1. The fourth-order valence-electron chi connectivity index (χ4n) is 2.57. The lowest BCUT2D eigenvalue weighted by molar-refractivity contribution is -0.116. The van der Waals surface area contributed by atoms with Crippen molar-refractivity contribution in [3.63, 3.8) is 0 Å². The van der Waals surface area contributed by atoms with E-state index in [9.17, 15) is 4.79 Å². The molecule has 0 atom stereocenters. The van der Waals surface area contributed by atoms with Gasteiger partial charge in [0.1, 0.15) is 0 Å². The number of hydrogen-bond acceptors (Lipinski definition) is 4. The van der Waals surface area contributed by atoms with Crippen LogP contribution in [-0.2, 0) is 22.6 Å². The van der Waals surface area contributed by atoms with Gasteiger partial charge in [-0.3, -0.25) is 4.79 Å². The van der Waals surface area contributed by atoms with Gasteiger partial charge < -0.3 is 14.5 Å². The molecule has 0 saturated heterocycles. The predicted molar refractivity (Wildman–Crippen MR) is 101 cm³/mol. The molecule has 5 heteroatoms. The van der Waals surface area contributed by atoms with Crippen molar-refractivity contribution in [3.8, 4) is 11.3 Å². The molecular formula is C21H22N2O3. The van der Waals surface area contributed by atoms with Crippen molar-refractivity contribution in [2.24, 2.45) is 0 Å². The Kier molecular flexibility index (Phi) is 5.81.